The Labute approximate surface area is 102 Å². The lowest BCUT2D eigenvalue weighted by atomic mass is 10.1. The van der Waals surface area contributed by atoms with Crippen molar-refractivity contribution in [2.45, 2.75) is 0 Å². The van der Waals surface area contributed by atoms with Gasteiger partial charge in [0.2, 0.25) is 0 Å². The van der Waals surface area contributed by atoms with Gasteiger partial charge in [0, 0.05) is 25.5 Å². The van der Waals surface area contributed by atoms with E-state index in [1.165, 1.54) is 6.07 Å². The van der Waals surface area contributed by atoms with Crippen molar-refractivity contribution in [3.8, 4) is 0 Å². The second-order valence-corrected chi connectivity index (χ2v) is 4.25. The smallest absolute Gasteiger partial charge is 0.346 e. The molecule has 0 aliphatic carbocycles. The van der Waals surface area contributed by atoms with Gasteiger partial charge in [0.05, 0.1) is 10.7 Å². The summed E-state index contributed by atoms with van der Waals surface area (Å²) in [7, 11) is 3.68. The molecule has 17 heavy (non-hydrogen) atoms. The summed E-state index contributed by atoms with van der Waals surface area (Å²) in [5.74, 6) is 0. The third-order valence-corrected chi connectivity index (χ3v) is 2.74. The number of hydrogen-bond donors (Lipinski definition) is 0. The first-order chi connectivity index (χ1) is 8.02. The van der Waals surface area contributed by atoms with Crippen LogP contribution in [0.1, 0.15) is 10.4 Å². The fourth-order valence-corrected chi connectivity index (χ4v) is 1.91. The monoisotopic (exact) mass is 251 g/mol. The number of halogens is 1. The highest BCUT2D eigenvalue weighted by molar-refractivity contribution is 6.34. The average Bonchev–Trinajstić information content (AvgIpc) is 2.27. The van der Waals surface area contributed by atoms with Gasteiger partial charge in [-0.15, -0.1) is 0 Å². The summed E-state index contributed by atoms with van der Waals surface area (Å²) >= 11 is 6.08. The number of benzene rings is 1. The van der Waals surface area contributed by atoms with E-state index in [1.807, 2.05) is 19.0 Å². The molecule has 0 amide bonds. The molecule has 0 atom stereocenters. The number of rotatable bonds is 2. The molecular formula is C12H10ClNO3. The van der Waals surface area contributed by atoms with Crippen molar-refractivity contribution in [2.75, 3.05) is 19.0 Å². The molecule has 0 fully saturated rings. The SMILES string of the molecule is CN(C)c1cc2oc(=O)c(C=O)cc2cc1Cl. The largest absolute Gasteiger partial charge is 0.422 e. The van der Waals surface area contributed by atoms with Crippen LogP contribution in [0.15, 0.2) is 27.4 Å². The van der Waals surface area contributed by atoms with Gasteiger partial charge in [-0.25, -0.2) is 4.79 Å². The van der Waals surface area contributed by atoms with E-state index in [0.29, 0.717) is 22.3 Å². The lowest BCUT2D eigenvalue weighted by molar-refractivity contribution is 0.112. The Balaban J connectivity index is 2.79. The molecule has 0 aliphatic heterocycles. The molecule has 0 saturated carbocycles. The molecule has 0 aliphatic rings. The topological polar surface area (TPSA) is 50.5 Å². The molecule has 1 heterocycles. The van der Waals surface area contributed by atoms with Crippen LogP contribution in [-0.4, -0.2) is 20.4 Å². The second-order valence-electron chi connectivity index (χ2n) is 3.84. The van der Waals surface area contributed by atoms with Crippen LogP contribution < -0.4 is 10.5 Å². The van der Waals surface area contributed by atoms with Crippen molar-refractivity contribution < 1.29 is 9.21 Å². The van der Waals surface area contributed by atoms with Crippen LogP contribution in [0.25, 0.3) is 11.0 Å². The van der Waals surface area contributed by atoms with Gasteiger partial charge in [0.1, 0.15) is 11.1 Å². The summed E-state index contributed by atoms with van der Waals surface area (Å²) in [6.07, 6.45) is 0.471. The van der Waals surface area contributed by atoms with Gasteiger partial charge in [0.15, 0.2) is 6.29 Å². The van der Waals surface area contributed by atoms with Crippen LogP contribution in [0.2, 0.25) is 5.02 Å². The highest BCUT2D eigenvalue weighted by Gasteiger charge is 2.09. The maximum atomic E-state index is 11.4. The molecule has 0 bridgehead atoms. The molecule has 0 N–H and O–H groups in total. The van der Waals surface area contributed by atoms with Gasteiger partial charge in [-0.3, -0.25) is 4.79 Å². The minimum Gasteiger partial charge on any atom is -0.422 e. The fourth-order valence-electron chi connectivity index (χ4n) is 1.57. The number of hydrogen-bond acceptors (Lipinski definition) is 4. The summed E-state index contributed by atoms with van der Waals surface area (Å²) in [5.41, 5.74) is 0.514. The summed E-state index contributed by atoms with van der Waals surface area (Å²) < 4.78 is 5.06. The second kappa shape index (κ2) is 4.22. The lowest BCUT2D eigenvalue weighted by Gasteiger charge is -2.14. The fraction of sp³-hybridized carbons (Fsp3) is 0.167. The first-order valence-corrected chi connectivity index (χ1v) is 5.30. The standard InChI is InChI=1S/C12H10ClNO3/c1-14(2)10-5-11-7(4-9(10)13)3-8(6-15)12(16)17-11/h3-6H,1-2H3. The van der Waals surface area contributed by atoms with Crippen LogP contribution in [0, 0.1) is 0 Å². The predicted octanol–water partition coefficient (Wildman–Crippen LogP) is 2.32. The summed E-state index contributed by atoms with van der Waals surface area (Å²) in [4.78, 5) is 23.8. The number of fused-ring (bicyclic) bond motifs is 1. The zero-order valence-electron chi connectivity index (χ0n) is 9.36. The lowest BCUT2D eigenvalue weighted by Crippen LogP contribution is -2.10. The predicted molar refractivity (Wildman–Crippen MR) is 67.2 cm³/mol. The maximum Gasteiger partial charge on any atom is 0.346 e. The van der Waals surface area contributed by atoms with E-state index in [-0.39, 0.29) is 5.56 Å². The Hall–Kier alpha value is -1.81. The van der Waals surface area contributed by atoms with Crippen LogP contribution in [0.5, 0.6) is 0 Å². The Morgan fingerprint density at radius 1 is 1.29 bits per heavy atom. The molecule has 1 aromatic heterocycles. The van der Waals surface area contributed by atoms with Crippen molar-refractivity contribution in [2.24, 2.45) is 0 Å². The number of carbonyl (C=O) groups excluding carboxylic acids is 1. The molecule has 1 aromatic carbocycles. The molecular weight excluding hydrogens is 242 g/mol. The van der Waals surface area contributed by atoms with Crippen LogP contribution in [0.3, 0.4) is 0 Å². The Kier molecular flexibility index (Phi) is 2.90. The van der Waals surface area contributed by atoms with E-state index in [1.54, 1.807) is 12.1 Å². The molecule has 0 saturated heterocycles. The normalized spacial score (nSPS) is 10.5. The molecule has 4 nitrogen and oxygen atoms in total. The van der Waals surface area contributed by atoms with Gasteiger partial charge in [0.25, 0.3) is 0 Å². The maximum absolute atomic E-state index is 11.4. The van der Waals surface area contributed by atoms with Crippen molar-refractivity contribution in [1.29, 1.82) is 0 Å². The minimum absolute atomic E-state index is 0.00818. The number of anilines is 1. The van der Waals surface area contributed by atoms with Gasteiger partial charge >= 0.3 is 5.63 Å². The summed E-state index contributed by atoms with van der Waals surface area (Å²) in [6, 6.07) is 4.81. The van der Waals surface area contributed by atoms with Crippen LogP contribution in [-0.2, 0) is 0 Å². The van der Waals surface area contributed by atoms with E-state index < -0.39 is 5.63 Å². The van der Waals surface area contributed by atoms with Gasteiger partial charge in [-0.2, -0.15) is 0 Å². The molecule has 0 radical (unpaired) electrons. The van der Waals surface area contributed by atoms with Gasteiger partial charge < -0.3 is 9.32 Å². The van der Waals surface area contributed by atoms with Crippen molar-refractivity contribution in [3.05, 3.63) is 39.2 Å². The van der Waals surface area contributed by atoms with Crippen molar-refractivity contribution in [3.63, 3.8) is 0 Å². The van der Waals surface area contributed by atoms with E-state index >= 15 is 0 Å². The van der Waals surface area contributed by atoms with Gasteiger partial charge in [-0.05, 0) is 12.1 Å². The van der Waals surface area contributed by atoms with Gasteiger partial charge in [-0.1, -0.05) is 11.6 Å². The van der Waals surface area contributed by atoms with E-state index in [4.69, 9.17) is 16.0 Å². The Morgan fingerprint density at radius 2 is 2.00 bits per heavy atom. The first kappa shape index (κ1) is 11.7. The molecule has 2 rings (SSSR count). The average molecular weight is 252 g/mol. The highest BCUT2D eigenvalue weighted by atomic mass is 35.5. The minimum atomic E-state index is -0.639. The Morgan fingerprint density at radius 3 is 2.59 bits per heavy atom. The number of aldehydes is 1. The highest BCUT2D eigenvalue weighted by Crippen LogP contribution is 2.29. The first-order valence-electron chi connectivity index (χ1n) is 4.93. The molecule has 2 aromatic rings. The quantitative estimate of drug-likeness (QED) is 0.607. The molecule has 0 spiro atoms. The van der Waals surface area contributed by atoms with Crippen LogP contribution in [0.4, 0.5) is 5.69 Å². The zero-order chi connectivity index (χ0) is 12.6. The summed E-state index contributed by atoms with van der Waals surface area (Å²) in [6.45, 7) is 0. The van der Waals surface area contributed by atoms with Crippen LogP contribution >= 0.6 is 11.6 Å². The molecule has 88 valence electrons. The summed E-state index contributed by atoms with van der Waals surface area (Å²) in [5, 5.41) is 1.16. The molecule has 0 unspecified atom stereocenters. The molecule has 5 heteroatoms. The van der Waals surface area contributed by atoms with Crippen molar-refractivity contribution in [1.82, 2.24) is 0 Å². The third kappa shape index (κ3) is 2.03. The van der Waals surface area contributed by atoms with E-state index in [0.717, 1.165) is 5.69 Å². The van der Waals surface area contributed by atoms with E-state index in [9.17, 15) is 9.59 Å². The number of nitrogens with zero attached hydrogens (tertiary/aromatic N) is 1. The number of carbonyl (C=O) groups is 1. The third-order valence-electron chi connectivity index (χ3n) is 2.44. The zero-order valence-corrected chi connectivity index (χ0v) is 10.1. The Bertz CT molecular complexity index is 646. The van der Waals surface area contributed by atoms with Crippen molar-refractivity contribution >= 4 is 34.5 Å². The van der Waals surface area contributed by atoms with E-state index in [2.05, 4.69) is 0 Å².